The van der Waals surface area contributed by atoms with E-state index in [4.69, 9.17) is 9.47 Å². The number of guanidine groups is 1. The molecular formula is C20H34N4O2. The van der Waals surface area contributed by atoms with Crippen LogP contribution in [0.2, 0.25) is 0 Å². The van der Waals surface area contributed by atoms with Crippen molar-refractivity contribution in [1.82, 2.24) is 15.6 Å². The molecule has 1 saturated carbocycles. The Kier molecular flexibility index (Phi) is 9.87. The molecule has 0 radical (unpaired) electrons. The van der Waals surface area contributed by atoms with Crippen LogP contribution < -0.4 is 15.4 Å². The van der Waals surface area contributed by atoms with E-state index in [0.717, 1.165) is 24.0 Å². The van der Waals surface area contributed by atoms with E-state index in [2.05, 4.69) is 20.6 Å². The molecule has 0 amide bonds. The van der Waals surface area contributed by atoms with Crippen LogP contribution in [0.4, 0.5) is 0 Å². The van der Waals surface area contributed by atoms with Gasteiger partial charge < -0.3 is 20.1 Å². The van der Waals surface area contributed by atoms with E-state index in [0.29, 0.717) is 25.6 Å². The molecule has 0 unspecified atom stereocenters. The molecule has 1 aliphatic carbocycles. The second-order valence-electron chi connectivity index (χ2n) is 6.84. The summed E-state index contributed by atoms with van der Waals surface area (Å²) in [6.07, 6.45) is 11.5. The van der Waals surface area contributed by atoms with Gasteiger partial charge in [-0.2, -0.15) is 0 Å². The van der Waals surface area contributed by atoms with E-state index in [1.54, 1.807) is 14.2 Å². The first kappa shape index (κ1) is 20.5. The molecule has 6 heteroatoms. The van der Waals surface area contributed by atoms with Gasteiger partial charge in [-0.15, -0.1) is 0 Å². The van der Waals surface area contributed by atoms with Crippen LogP contribution in [0.3, 0.4) is 0 Å². The molecule has 6 nitrogen and oxygen atoms in total. The first-order valence-electron chi connectivity index (χ1n) is 9.83. The van der Waals surface area contributed by atoms with Crippen LogP contribution in [0, 0.1) is 5.92 Å². The molecule has 1 fully saturated rings. The molecular weight excluding hydrogens is 328 g/mol. The van der Waals surface area contributed by atoms with Crippen LogP contribution >= 0.6 is 0 Å². The van der Waals surface area contributed by atoms with Gasteiger partial charge in [0.15, 0.2) is 5.96 Å². The smallest absolute Gasteiger partial charge is 0.213 e. The zero-order valence-corrected chi connectivity index (χ0v) is 16.3. The first-order valence-corrected chi connectivity index (χ1v) is 9.83. The van der Waals surface area contributed by atoms with Crippen molar-refractivity contribution in [3.63, 3.8) is 0 Å². The molecule has 1 aromatic rings. The maximum absolute atomic E-state index is 5.47. The maximum Gasteiger partial charge on any atom is 0.213 e. The Morgan fingerprint density at radius 3 is 2.73 bits per heavy atom. The van der Waals surface area contributed by atoms with Gasteiger partial charge in [-0.3, -0.25) is 4.99 Å². The second-order valence-corrected chi connectivity index (χ2v) is 6.84. The fourth-order valence-corrected chi connectivity index (χ4v) is 3.30. The predicted molar refractivity (Wildman–Crippen MR) is 106 cm³/mol. The SMILES string of the molecule is CN=C(NCCCCC1CCCC1)NCc1ccc(OCCOC)nc1. The topological polar surface area (TPSA) is 67.8 Å². The molecule has 0 aromatic carbocycles. The molecule has 2 N–H and O–H groups in total. The fourth-order valence-electron chi connectivity index (χ4n) is 3.30. The number of ether oxygens (including phenoxy) is 2. The number of pyridine rings is 1. The highest BCUT2D eigenvalue weighted by molar-refractivity contribution is 5.79. The largest absolute Gasteiger partial charge is 0.475 e. The molecule has 0 spiro atoms. The van der Waals surface area contributed by atoms with E-state index in [1.807, 2.05) is 18.3 Å². The Morgan fingerprint density at radius 1 is 1.19 bits per heavy atom. The molecule has 26 heavy (non-hydrogen) atoms. The zero-order chi connectivity index (χ0) is 18.5. The molecule has 146 valence electrons. The number of aromatic nitrogens is 1. The summed E-state index contributed by atoms with van der Waals surface area (Å²) in [4.78, 5) is 8.58. The molecule has 1 aromatic heterocycles. The summed E-state index contributed by atoms with van der Waals surface area (Å²) < 4.78 is 10.4. The Bertz CT molecular complexity index is 513. The van der Waals surface area contributed by atoms with Gasteiger partial charge in [0.25, 0.3) is 0 Å². The van der Waals surface area contributed by atoms with Crippen LogP contribution in [0.5, 0.6) is 5.88 Å². The molecule has 1 aliphatic rings. The molecule has 0 saturated heterocycles. The molecule has 0 atom stereocenters. The maximum atomic E-state index is 5.47. The van der Waals surface area contributed by atoms with Crippen molar-refractivity contribution in [3.05, 3.63) is 23.9 Å². The van der Waals surface area contributed by atoms with Crippen LogP contribution in [-0.4, -0.2) is 44.9 Å². The lowest BCUT2D eigenvalue weighted by Crippen LogP contribution is -2.37. The van der Waals surface area contributed by atoms with Crippen LogP contribution in [0.15, 0.2) is 23.3 Å². The summed E-state index contributed by atoms with van der Waals surface area (Å²) in [5.74, 6) is 2.45. The quantitative estimate of drug-likeness (QED) is 0.360. The minimum absolute atomic E-state index is 0.512. The average molecular weight is 363 g/mol. The summed E-state index contributed by atoms with van der Waals surface area (Å²) >= 11 is 0. The van der Waals surface area contributed by atoms with Crippen molar-refractivity contribution in [2.24, 2.45) is 10.9 Å². The van der Waals surface area contributed by atoms with Gasteiger partial charge in [-0.25, -0.2) is 4.98 Å². The number of aliphatic imine (C=N–C) groups is 1. The minimum Gasteiger partial charge on any atom is -0.475 e. The minimum atomic E-state index is 0.512. The first-order chi connectivity index (χ1) is 12.8. The van der Waals surface area contributed by atoms with Gasteiger partial charge in [0.2, 0.25) is 5.88 Å². The molecule has 1 heterocycles. The monoisotopic (exact) mass is 362 g/mol. The van der Waals surface area contributed by atoms with Crippen LogP contribution in [0.25, 0.3) is 0 Å². The molecule has 2 rings (SSSR count). The third-order valence-electron chi connectivity index (χ3n) is 4.82. The summed E-state index contributed by atoms with van der Waals surface area (Å²) in [7, 11) is 3.46. The van der Waals surface area contributed by atoms with Crippen molar-refractivity contribution < 1.29 is 9.47 Å². The van der Waals surface area contributed by atoms with Gasteiger partial charge in [0.1, 0.15) is 6.61 Å². The summed E-state index contributed by atoms with van der Waals surface area (Å²) in [6.45, 7) is 2.73. The van der Waals surface area contributed by atoms with E-state index < -0.39 is 0 Å². The van der Waals surface area contributed by atoms with Crippen LogP contribution in [0.1, 0.15) is 50.5 Å². The number of methoxy groups -OCH3 is 1. The molecule has 0 bridgehead atoms. The zero-order valence-electron chi connectivity index (χ0n) is 16.3. The van der Waals surface area contributed by atoms with Crippen molar-refractivity contribution in [1.29, 1.82) is 0 Å². The van der Waals surface area contributed by atoms with E-state index >= 15 is 0 Å². The Balaban J connectivity index is 1.58. The van der Waals surface area contributed by atoms with E-state index in [1.165, 1.54) is 44.9 Å². The lowest BCUT2D eigenvalue weighted by atomic mass is 10.0. The van der Waals surface area contributed by atoms with Crippen molar-refractivity contribution >= 4 is 5.96 Å². The van der Waals surface area contributed by atoms with Crippen molar-refractivity contribution in [2.75, 3.05) is 33.9 Å². The lowest BCUT2D eigenvalue weighted by Gasteiger charge is -2.13. The highest BCUT2D eigenvalue weighted by atomic mass is 16.5. The van der Waals surface area contributed by atoms with Crippen LogP contribution in [-0.2, 0) is 11.3 Å². The Hall–Kier alpha value is -1.82. The normalized spacial score (nSPS) is 15.2. The summed E-state index contributed by atoms with van der Waals surface area (Å²) in [5.41, 5.74) is 1.09. The Labute approximate surface area is 157 Å². The number of rotatable bonds is 11. The number of hydrogen-bond donors (Lipinski definition) is 2. The van der Waals surface area contributed by atoms with E-state index in [9.17, 15) is 0 Å². The number of nitrogens with one attached hydrogen (secondary N) is 2. The van der Waals surface area contributed by atoms with Crippen molar-refractivity contribution in [3.8, 4) is 5.88 Å². The van der Waals surface area contributed by atoms with Gasteiger partial charge in [0.05, 0.1) is 6.61 Å². The van der Waals surface area contributed by atoms with E-state index in [-0.39, 0.29) is 0 Å². The van der Waals surface area contributed by atoms with Gasteiger partial charge in [-0.1, -0.05) is 44.6 Å². The van der Waals surface area contributed by atoms with Gasteiger partial charge in [-0.05, 0) is 17.9 Å². The third-order valence-corrected chi connectivity index (χ3v) is 4.82. The average Bonchev–Trinajstić information content (AvgIpc) is 3.19. The third kappa shape index (κ3) is 8.04. The predicted octanol–water partition coefficient (Wildman–Crippen LogP) is 3.13. The summed E-state index contributed by atoms with van der Waals surface area (Å²) in [5, 5.41) is 6.72. The number of nitrogens with zero attached hydrogens (tertiary/aromatic N) is 2. The highest BCUT2D eigenvalue weighted by Gasteiger charge is 2.13. The number of unbranched alkanes of at least 4 members (excludes halogenated alkanes) is 1. The summed E-state index contributed by atoms with van der Waals surface area (Å²) in [6, 6.07) is 3.89. The lowest BCUT2D eigenvalue weighted by molar-refractivity contribution is 0.143. The fraction of sp³-hybridized carbons (Fsp3) is 0.700. The van der Waals surface area contributed by atoms with Gasteiger partial charge in [0, 0.05) is 39.5 Å². The second kappa shape index (κ2) is 12.5. The number of hydrogen-bond acceptors (Lipinski definition) is 4. The van der Waals surface area contributed by atoms with Gasteiger partial charge >= 0.3 is 0 Å². The standard InChI is InChI=1S/C20H34N4O2/c1-21-20(22-12-6-5-9-17-7-3-4-8-17)24-16-18-10-11-19(23-15-18)26-14-13-25-2/h10-11,15,17H,3-9,12-14,16H2,1-2H3,(H2,21,22,24). The highest BCUT2D eigenvalue weighted by Crippen LogP contribution is 2.28. The van der Waals surface area contributed by atoms with Crippen molar-refractivity contribution in [2.45, 2.75) is 51.5 Å². The Morgan fingerprint density at radius 2 is 2.04 bits per heavy atom. The molecule has 0 aliphatic heterocycles.